The van der Waals surface area contributed by atoms with E-state index in [-0.39, 0.29) is 16.8 Å². The van der Waals surface area contributed by atoms with E-state index >= 15 is 0 Å². The summed E-state index contributed by atoms with van der Waals surface area (Å²) in [6, 6.07) is 5.70. The van der Waals surface area contributed by atoms with E-state index in [1.807, 2.05) is 0 Å². The van der Waals surface area contributed by atoms with Crippen molar-refractivity contribution < 1.29 is 14.3 Å². The zero-order chi connectivity index (χ0) is 13.0. The molecule has 0 aliphatic rings. The SMILES string of the molecule is N/C(Br)=C(/C(=O)O)N(N)Cc1cccc(F)c1. The molecular formula is C10H11BrFN3O2. The van der Waals surface area contributed by atoms with Crippen LogP contribution in [0.5, 0.6) is 0 Å². The number of benzene rings is 1. The van der Waals surface area contributed by atoms with E-state index in [0.717, 1.165) is 5.01 Å². The Morgan fingerprint density at radius 1 is 1.53 bits per heavy atom. The van der Waals surface area contributed by atoms with Crippen LogP contribution in [0, 0.1) is 5.82 Å². The maximum Gasteiger partial charge on any atom is 0.356 e. The highest BCUT2D eigenvalue weighted by atomic mass is 79.9. The monoisotopic (exact) mass is 303 g/mol. The molecule has 5 N–H and O–H groups in total. The van der Waals surface area contributed by atoms with Gasteiger partial charge in [0.1, 0.15) is 10.4 Å². The quantitative estimate of drug-likeness (QED) is 0.335. The first kappa shape index (κ1) is 13.5. The van der Waals surface area contributed by atoms with Gasteiger partial charge in [0.15, 0.2) is 5.70 Å². The number of carboxylic acid groups (broad SMARTS) is 1. The molecule has 0 aromatic heterocycles. The molecule has 1 rings (SSSR count). The average molecular weight is 304 g/mol. The van der Waals surface area contributed by atoms with Crippen molar-refractivity contribution in [1.82, 2.24) is 5.01 Å². The Labute approximate surface area is 106 Å². The van der Waals surface area contributed by atoms with E-state index in [1.54, 1.807) is 6.07 Å². The number of carboxylic acids is 1. The zero-order valence-corrected chi connectivity index (χ0v) is 10.3. The molecule has 0 saturated heterocycles. The molecule has 0 aliphatic carbocycles. The molecule has 0 unspecified atom stereocenters. The molecule has 1 aromatic carbocycles. The molecule has 1 aromatic rings. The first-order chi connectivity index (χ1) is 7.91. The molecule has 0 spiro atoms. The second kappa shape index (κ2) is 5.65. The Kier molecular flexibility index (Phi) is 4.47. The van der Waals surface area contributed by atoms with Crippen LogP contribution >= 0.6 is 15.9 Å². The van der Waals surface area contributed by atoms with Crippen LogP contribution in [0.2, 0.25) is 0 Å². The van der Waals surface area contributed by atoms with Gasteiger partial charge in [-0.05, 0) is 33.6 Å². The topological polar surface area (TPSA) is 92.6 Å². The number of halogens is 2. The number of carbonyl (C=O) groups is 1. The van der Waals surface area contributed by atoms with Crippen molar-refractivity contribution in [3.63, 3.8) is 0 Å². The summed E-state index contributed by atoms with van der Waals surface area (Å²) in [5.74, 6) is 3.89. The van der Waals surface area contributed by atoms with E-state index in [2.05, 4.69) is 15.9 Å². The minimum Gasteiger partial charge on any atom is -0.476 e. The van der Waals surface area contributed by atoms with Crippen molar-refractivity contribution in [1.29, 1.82) is 0 Å². The van der Waals surface area contributed by atoms with Crippen molar-refractivity contribution in [2.24, 2.45) is 11.6 Å². The average Bonchev–Trinajstić information content (AvgIpc) is 2.15. The maximum atomic E-state index is 12.9. The first-order valence-electron chi connectivity index (χ1n) is 4.57. The number of rotatable bonds is 4. The van der Waals surface area contributed by atoms with Crippen molar-refractivity contribution >= 4 is 21.9 Å². The molecule has 17 heavy (non-hydrogen) atoms. The second-order valence-corrected chi connectivity index (χ2v) is 4.11. The van der Waals surface area contributed by atoms with Gasteiger partial charge in [0.05, 0.1) is 6.54 Å². The highest BCUT2D eigenvalue weighted by Gasteiger charge is 2.17. The molecule has 5 nitrogen and oxygen atoms in total. The number of nitrogens with zero attached hydrogens (tertiary/aromatic N) is 1. The van der Waals surface area contributed by atoms with Gasteiger partial charge >= 0.3 is 5.97 Å². The van der Waals surface area contributed by atoms with Gasteiger partial charge in [-0.25, -0.2) is 15.0 Å². The van der Waals surface area contributed by atoms with Crippen LogP contribution in [0.1, 0.15) is 5.56 Å². The fourth-order valence-electron chi connectivity index (χ4n) is 1.27. The Morgan fingerprint density at radius 2 is 2.18 bits per heavy atom. The predicted molar refractivity (Wildman–Crippen MR) is 63.9 cm³/mol. The van der Waals surface area contributed by atoms with Crippen molar-refractivity contribution in [3.8, 4) is 0 Å². The van der Waals surface area contributed by atoms with Gasteiger partial charge in [0.2, 0.25) is 0 Å². The lowest BCUT2D eigenvalue weighted by molar-refractivity contribution is -0.134. The molecule has 0 radical (unpaired) electrons. The number of aliphatic carboxylic acids is 1. The standard InChI is InChI=1S/C10H11BrFN3O2/c11-9(13)8(10(16)17)15(14)5-6-2-1-3-7(12)4-6/h1-4H,5,13-14H2,(H,16,17)/b9-8-. The normalized spacial score (nSPS) is 11.9. The van der Waals surface area contributed by atoms with Crippen LogP contribution in [-0.2, 0) is 11.3 Å². The summed E-state index contributed by atoms with van der Waals surface area (Å²) in [7, 11) is 0. The predicted octanol–water partition coefficient (Wildman–Crippen LogP) is 1.11. The summed E-state index contributed by atoms with van der Waals surface area (Å²) in [5.41, 5.74) is 5.60. The largest absolute Gasteiger partial charge is 0.476 e. The van der Waals surface area contributed by atoms with E-state index in [9.17, 15) is 9.18 Å². The molecule has 0 amide bonds. The third kappa shape index (κ3) is 3.72. The van der Waals surface area contributed by atoms with Crippen LogP contribution in [0.4, 0.5) is 4.39 Å². The van der Waals surface area contributed by atoms with Crippen LogP contribution < -0.4 is 11.6 Å². The van der Waals surface area contributed by atoms with Crippen molar-refractivity contribution in [2.45, 2.75) is 6.54 Å². The minimum atomic E-state index is -1.27. The third-order valence-corrected chi connectivity index (χ3v) is 2.33. The first-order valence-corrected chi connectivity index (χ1v) is 5.36. The van der Waals surface area contributed by atoms with Crippen molar-refractivity contribution in [3.05, 3.63) is 45.9 Å². The van der Waals surface area contributed by atoms with Crippen LogP contribution in [0.25, 0.3) is 0 Å². The van der Waals surface area contributed by atoms with Gasteiger partial charge in [-0.15, -0.1) is 0 Å². The molecule has 7 heteroatoms. The molecule has 0 aliphatic heterocycles. The van der Waals surface area contributed by atoms with Crippen molar-refractivity contribution in [2.75, 3.05) is 0 Å². The van der Waals surface area contributed by atoms with Crippen LogP contribution in [-0.4, -0.2) is 16.1 Å². The Hall–Kier alpha value is -1.60. The summed E-state index contributed by atoms with van der Waals surface area (Å²) >= 11 is 2.85. The summed E-state index contributed by atoms with van der Waals surface area (Å²) in [6.07, 6.45) is 0. The fraction of sp³-hybridized carbons (Fsp3) is 0.100. The molecule has 0 saturated carbocycles. The second-order valence-electron chi connectivity index (χ2n) is 3.26. The molecular weight excluding hydrogens is 293 g/mol. The molecule has 0 bridgehead atoms. The summed E-state index contributed by atoms with van der Waals surface area (Å²) in [4.78, 5) is 10.9. The maximum absolute atomic E-state index is 12.9. The number of nitrogens with two attached hydrogens (primary N) is 2. The lowest BCUT2D eigenvalue weighted by Crippen LogP contribution is -2.35. The minimum absolute atomic E-state index is 0.0334. The summed E-state index contributed by atoms with van der Waals surface area (Å²) in [6.45, 7) is 0.0334. The van der Waals surface area contributed by atoms with Gasteiger partial charge < -0.3 is 10.8 Å². The van der Waals surface area contributed by atoms with E-state index in [4.69, 9.17) is 16.7 Å². The third-order valence-electron chi connectivity index (χ3n) is 1.96. The van der Waals surface area contributed by atoms with E-state index in [0.29, 0.717) is 5.56 Å². The van der Waals surface area contributed by atoms with Crippen LogP contribution in [0.15, 0.2) is 34.6 Å². The summed E-state index contributed by atoms with van der Waals surface area (Å²) in [5, 5.41) is 9.81. The lowest BCUT2D eigenvalue weighted by atomic mass is 10.2. The van der Waals surface area contributed by atoms with Crippen LogP contribution in [0.3, 0.4) is 0 Å². The number of hydrogen-bond donors (Lipinski definition) is 3. The Morgan fingerprint density at radius 3 is 2.65 bits per heavy atom. The van der Waals surface area contributed by atoms with E-state index < -0.39 is 11.8 Å². The van der Waals surface area contributed by atoms with Gasteiger partial charge in [-0.2, -0.15) is 0 Å². The van der Waals surface area contributed by atoms with Gasteiger partial charge in [0.25, 0.3) is 0 Å². The fourth-order valence-corrected chi connectivity index (χ4v) is 1.67. The molecule has 92 valence electrons. The van der Waals surface area contributed by atoms with Gasteiger partial charge in [-0.1, -0.05) is 12.1 Å². The molecule has 0 heterocycles. The van der Waals surface area contributed by atoms with Gasteiger partial charge in [0, 0.05) is 0 Å². The Bertz CT molecular complexity index is 461. The highest BCUT2D eigenvalue weighted by Crippen LogP contribution is 2.13. The van der Waals surface area contributed by atoms with E-state index in [1.165, 1.54) is 18.2 Å². The number of hydrogen-bond acceptors (Lipinski definition) is 4. The Balaban J connectivity index is 2.89. The smallest absolute Gasteiger partial charge is 0.356 e. The molecule has 0 atom stereocenters. The highest BCUT2D eigenvalue weighted by molar-refractivity contribution is 9.11. The van der Waals surface area contributed by atoms with Gasteiger partial charge in [-0.3, -0.25) is 5.01 Å². The zero-order valence-electron chi connectivity index (χ0n) is 8.73. The number of hydrazine groups is 1. The lowest BCUT2D eigenvalue weighted by Gasteiger charge is -2.19. The molecule has 0 fully saturated rings. The summed E-state index contributed by atoms with van der Waals surface area (Å²) < 4.78 is 12.8.